The van der Waals surface area contributed by atoms with Gasteiger partial charge in [-0.05, 0) is 19.1 Å². The Balaban J connectivity index is 2.94. The van der Waals surface area contributed by atoms with Crippen molar-refractivity contribution in [3.05, 3.63) is 23.9 Å². The van der Waals surface area contributed by atoms with Crippen LogP contribution in [0, 0.1) is 0 Å². The van der Waals surface area contributed by atoms with Gasteiger partial charge in [-0.1, -0.05) is 0 Å². The zero-order valence-corrected chi connectivity index (χ0v) is 8.55. The van der Waals surface area contributed by atoms with Crippen LogP contribution in [0.3, 0.4) is 0 Å². The molecule has 0 radical (unpaired) electrons. The summed E-state index contributed by atoms with van der Waals surface area (Å²) in [5.74, 6) is -2.42. The standard InChI is InChI=1S/C10H15NO4/c1-2-11(5-6-12)9-7-8(13)3-4-10(9,14)15/h3-4,7,12,14-15H,2,5-6H2,1H3. The molecule has 1 rings (SSSR count). The number of allylic oxidation sites excluding steroid dienone is 2. The lowest BCUT2D eigenvalue weighted by molar-refractivity contribution is -0.118. The highest BCUT2D eigenvalue weighted by atomic mass is 16.5. The number of aliphatic hydroxyl groups is 3. The Morgan fingerprint density at radius 3 is 2.67 bits per heavy atom. The van der Waals surface area contributed by atoms with E-state index in [9.17, 15) is 15.0 Å². The predicted octanol–water partition coefficient (Wildman–Crippen LogP) is -0.996. The van der Waals surface area contributed by atoms with Crippen LogP contribution < -0.4 is 0 Å². The maximum Gasteiger partial charge on any atom is 0.225 e. The number of likely N-dealkylation sites (N-methyl/N-ethyl adjacent to an activating group) is 1. The average molecular weight is 213 g/mol. The highest BCUT2D eigenvalue weighted by Gasteiger charge is 2.32. The van der Waals surface area contributed by atoms with E-state index in [1.54, 1.807) is 11.8 Å². The highest BCUT2D eigenvalue weighted by molar-refractivity contribution is 6.01. The molecule has 5 heteroatoms. The molecule has 0 saturated heterocycles. The first-order chi connectivity index (χ1) is 7.01. The summed E-state index contributed by atoms with van der Waals surface area (Å²) in [7, 11) is 0. The minimum atomic E-state index is -2.13. The third-order valence-corrected chi connectivity index (χ3v) is 2.23. The fraction of sp³-hybridized carbons (Fsp3) is 0.500. The monoisotopic (exact) mass is 213 g/mol. The van der Waals surface area contributed by atoms with Gasteiger partial charge in [-0.2, -0.15) is 0 Å². The van der Waals surface area contributed by atoms with Gasteiger partial charge in [-0.3, -0.25) is 4.79 Å². The second kappa shape index (κ2) is 4.57. The lowest BCUT2D eigenvalue weighted by Crippen LogP contribution is -2.42. The van der Waals surface area contributed by atoms with Crippen LogP contribution in [0.5, 0.6) is 0 Å². The molecule has 0 fully saturated rings. The van der Waals surface area contributed by atoms with Crippen molar-refractivity contribution in [1.29, 1.82) is 0 Å². The summed E-state index contributed by atoms with van der Waals surface area (Å²) in [6.45, 7) is 2.43. The summed E-state index contributed by atoms with van der Waals surface area (Å²) >= 11 is 0. The van der Waals surface area contributed by atoms with E-state index in [2.05, 4.69) is 0 Å². The number of carbonyl (C=O) groups excluding carboxylic acids is 1. The summed E-state index contributed by atoms with van der Waals surface area (Å²) < 4.78 is 0. The van der Waals surface area contributed by atoms with Crippen molar-refractivity contribution in [2.75, 3.05) is 19.7 Å². The molecule has 0 atom stereocenters. The Labute approximate surface area is 87.9 Å². The van der Waals surface area contributed by atoms with Crippen molar-refractivity contribution in [2.45, 2.75) is 12.7 Å². The van der Waals surface area contributed by atoms with E-state index < -0.39 is 5.79 Å². The number of hydrogen-bond acceptors (Lipinski definition) is 5. The van der Waals surface area contributed by atoms with Crippen LogP contribution in [0.1, 0.15) is 6.92 Å². The first-order valence-corrected chi connectivity index (χ1v) is 4.77. The minimum Gasteiger partial charge on any atom is -0.395 e. The number of nitrogens with zero attached hydrogens (tertiary/aromatic N) is 1. The normalized spacial score (nSPS) is 18.9. The SMILES string of the molecule is CCN(CCO)C1=CC(=O)C=CC1(O)O. The molecule has 84 valence electrons. The van der Waals surface area contributed by atoms with E-state index in [1.165, 1.54) is 6.08 Å². The van der Waals surface area contributed by atoms with Gasteiger partial charge in [-0.15, -0.1) is 0 Å². The van der Waals surface area contributed by atoms with Crippen LogP contribution >= 0.6 is 0 Å². The van der Waals surface area contributed by atoms with Crippen molar-refractivity contribution in [2.24, 2.45) is 0 Å². The number of ketones is 1. The van der Waals surface area contributed by atoms with Crippen LogP contribution in [-0.4, -0.2) is 51.5 Å². The summed E-state index contributed by atoms with van der Waals surface area (Å²) in [6.07, 6.45) is 3.31. The lowest BCUT2D eigenvalue weighted by atomic mass is 10.0. The Kier molecular flexibility index (Phi) is 3.62. The fourth-order valence-electron chi connectivity index (χ4n) is 1.47. The van der Waals surface area contributed by atoms with E-state index in [4.69, 9.17) is 5.11 Å². The molecule has 0 aromatic heterocycles. The predicted molar refractivity (Wildman–Crippen MR) is 53.7 cm³/mol. The van der Waals surface area contributed by atoms with E-state index in [0.29, 0.717) is 6.54 Å². The molecule has 5 nitrogen and oxygen atoms in total. The number of hydrogen-bond donors (Lipinski definition) is 3. The van der Waals surface area contributed by atoms with Crippen molar-refractivity contribution in [3.63, 3.8) is 0 Å². The zero-order valence-electron chi connectivity index (χ0n) is 8.55. The summed E-state index contributed by atoms with van der Waals surface area (Å²) in [5.41, 5.74) is 0.103. The molecular weight excluding hydrogens is 198 g/mol. The van der Waals surface area contributed by atoms with Crippen molar-refractivity contribution in [1.82, 2.24) is 4.90 Å². The van der Waals surface area contributed by atoms with E-state index in [-0.39, 0.29) is 24.6 Å². The summed E-state index contributed by atoms with van der Waals surface area (Å²) in [4.78, 5) is 12.7. The van der Waals surface area contributed by atoms with Gasteiger partial charge in [0.05, 0.1) is 12.3 Å². The summed E-state index contributed by atoms with van der Waals surface area (Å²) in [6, 6.07) is 0. The molecule has 0 bridgehead atoms. The molecule has 0 unspecified atom stereocenters. The van der Waals surface area contributed by atoms with E-state index >= 15 is 0 Å². The molecule has 0 aliphatic heterocycles. The van der Waals surface area contributed by atoms with Gasteiger partial charge in [0.15, 0.2) is 5.78 Å². The third kappa shape index (κ3) is 2.65. The molecule has 0 heterocycles. The average Bonchev–Trinajstić information content (AvgIpc) is 2.19. The van der Waals surface area contributed by atoms with Gasteiger partial charge in [0, 0.05) is 19.2 Å². The van der Waals surface area contributed by atoms with Gasteiger partial charge >= 0.3 is 0 Å². The van der Waals surface area contributed by atoms with E-state index in [1.807, 2.05) is 0 Å². The molecule has 0 aromatic rings. The van der Waals surface area contributed by atoms with Gasteiger partial charge in [0.2, 0.25) is 5.79 Å². The van der Waals surface area contributed by atoms with Crippen LogP contribution in [0.2, 0.25) is 0 Å². The fourth-order valence-corrected chi connectivity index (χ4v) is 1.47. The van der Waals surface area contributed by atoms with Gasteiger partial charge in [0.1, 0.15) is 0 Å². The van der Waals surface area contributed by atoms with Crippen molar-refractivity contribution >= 4 is 5.78 Å². The van der Waals surface area contributed by atoms with Gasteiger partial charge in [0.25, 0.3) is 0 Å². The molecule has 0 spiro atoms. The second-order valence-electron chi connectivity index (χ2n) is 3.29. The second-order valence-corrected chi connectivity index (χ2v) is 3.29. The van der Waals surface area contributed by atoms with Crippen LogP contribution in [-0.2, 0) is 4.79 Å². The smallest absolute Gasteiger partial charge is 0.225 e. The van der Waals surface area contributed by atoms with Crippen LogP contribution in [0.15, 0.2) is 23.9 Å². The molecule has 0 aromatic carbocycles. The lowest BCUT2D eigenvalue weighted by Gasteiger charge is -2.33. The molecule has 1 aliphatic rings. The number of carbonyl (C=O) groups is 1. The largest absolute Gasteiger partial charge is 0.395 e. The molecule has 0 saturated carbocycles. The summed E-state index contributed by atoms with van der Waals surface area (Å²) in [5, 5.41) is 28.0. The minimum absolute atomic E-state index is 0.103. The maximum atomic E-state index is 11.1. The first kappa shape index (κ1) is 11.9. The van der Waals surface area contributed by atoms with Crippen molar-refractivity contribution < 1.29 is 20.1 Å². The quantitative estimate of drug-likeness (QED) is 0.522. The Morgan fingerprint density at radius 2 is 2.13 bits per heavy atom. The first-order valence-electron chi connectivity index (χ1n) is 4.77. The molecule has 3 N–H and O–H groups in total. The van der Waals surface area contributed by atoms with Gasteiger partial charge in [-0.25, -0.2) is 0 Å². The zero-order chi connectivity index (χ0) is 11.5. The molecular formula is C10H15NO4. The third-order valence-electron chi connectivity index (χ3n) is 2.23. The molecule has 15 heavy (non-hydrogen) atoms. The van der Waals surface area contributed by atoms with Crippen molar-refractivity contribution in [3.8, 4) is 0 Å². The Bertz CT molecular complexity index is 307. The molecule has 0 amide bonds. The topological polar surface area (TPSA) is 81.0 Å². The van der Waals surface area contributed by atoms with Crippen LogP contribution in [0.25, 0.3) is 0 Å². The maximum absolute atomic E-state index is 11.1. The Morgan fingerprint density at radius 1 is 1.47 bits per heavy atom. The highest BCUT2D eigenvalue weighted by Crippen LogP contribution is 2.22. The van der Waals surface area contributed by atoms with Crippen LogP contribution in [0.4, 0.5) is 0 Å². The van der Waals surface area contributed by atoms with Gasteiger partial charge < -0.3 is 20.2 Å². The number of aliphatic hydroxyl groups excluding tert-OH is 1. The number of rotatable bonds is 4. The van der Waals surface area contributed by atoms with E-state index in [0.717, 1.165) is 12.2 Å². The molecule has 1 aliphatic carbocycles. The Hall–Kier alpha value is -1.17.